The standard InChI is InChI=1S/C22H32N4O3/c1-6-22(7-2,20(27)29-5)15-24-21(28)25-18-10-8-9-17(13-18)14-26-12-11-23-19(26)16(3)4/h8-13,16H,6-7,14-15H2,1-5H3,(H2,24,25,28). The fraction of sp³-hybridized carbons (Fsp3) is 0.500. The number of carbonyl (C=O) groups is 2. The number of benzene rings is 1. The number of amides is 2. The summed E-state index contributed by atoms with van der Waals surface area (Å²) >= 11 is 0. The monoisotopic (exact) mass is 400 g/mol. The minimum Gasteiger partial charge on any atom is -0.469 e. The SMILES string of the molecule is CCC(CC)(CNC(=O)Nc1cccc(Cn2ccnc2C(C)C)c1)C(=O)OC. The third-order valence-electron chi connectivity index (χ3n) is 5.36. The Morgan fingerprint density at radius 2 is 1.97 bits per heavy atom. The van der Waals surface area contributed by atoms with Gasteiger partial charge in [-0.1, -0.05) is 39.8 Å². The van der Waals surface area contributed by atoms with E-state index in [9.17, 15) is 9.59 Å². The van der Waals surface area contributed by atoms with Crippen molar-refractivity contribution < 1.29 is 14.3 Å². The van der Waals surface area contributed by atoms with Crippen LogP contribution in [0.25, 0.3) is 0 Å². The first-order valence-electron chi connectivity index (χ1n) is 10.1. The van der Waals surface area contributed by atoms with Gasteiger partial charge in [0.2, 0.25) is 0 Å². The molecule has 0 aliphatic carbocycles. The summed E-state index contributed by atoms with van der Waals surface area (Å²) in [6.45, 7) is 8.98. The van der Waals surface area contributed by atoms with Crippen LogP contribution in [0.3, 0.4) is 0 Å². The molecule has 0 atom stereocenters. The molecular formula is C22H32N4O3. The van der Waals surface area contributed by atoms with Gasteiger partial charge < -0.3 is 19.9 Å². The molecule has 2 rings (SSSR count). The molecule has 1 aromatic heterocycles. The summed E-state index contributed by atoms with van der Waals surface area (Å²) in [5, 5.41) is 5.66. The number of hydrogen-bond donors (Lipinski definition) is 2. The van der Waals surface area contributed by atoms with Gasteiger partial charge >= 0.3 is 12.0 Å². The Bertz CT molecular complexity index is 825. The lowest BCUT2D eigenvalue weighted by Gasteiger charge is -2.28. The molecule has 0 saturated heterocycles. The van der Waals surface area contributed by atoms with Crippen molar-refractivity contribution in [2.45, 2.75) is 53.0 Å². The molecule has 7 heteroatoms. The van der Waals surface area contributed by atoms with Crippen LogP contribution in [-0.2, 0) is 16.1 Å². The molecule has 0 aliphatic rings. The van der Waals surface area contributed by atoms with E-state index in [1.54, 1.807) is 6.20 Å². The zero-order valence-corrected chi connectivity index (χ0v) is 18.0. The summed E-state index contributed by atoms with van der Waals surface area (Å²) in [7, 11) is 1.37. The van der Waals surface area contributed by atoms with E-state index in [1.807, 2.05) is 44.3 Å². The lowest BCUT2D eigenvalue weighted by molar-refractivity contribution is -0.152. The van der Waals surface area contributed by atoms with E-state index in [4.69, 9.17) is 4.74 Å². The molecule has 0 aliphatic heterocycles. The minimum atomic E-state index is -0.706. The van der Waals surface area contributed by atoms with Gasteiger partial charge in [-0.3, -0.25) is 4.79 Å². The third-order valence-corrected chi connectivity index (χ3v) is 5.36. The second-order valence-corrected chi connectivity index (χ2v) is 7.56. The van der Waals surface area contributed by atoms with Gasteiger partial charge in [0.15, 0.2) is 0 Å². The highest BCUT2D eigenvalue weighted by atomic mass is 16.5. The van der Waals surface area contributed by atoms with Gasteiger partial charge in [-0.05, 0) is 30.5 Å². The summed E-state index contributed by atoms with van der Waals surface area (Å²) < 4.78 is 7.03. The van der Waals surface area contributed by atoms with Crippen LogP contribution in [0.15, 0.2) is 36.7 Å². The number of imidazole rings is 1. The Balaban J connectivity index is 2.01. The number of anilines is 1. The van der Waals surface area contributed by atoms with Crippen molar-refractivity contribution in [3.63, 3.8) is 0 Å². The predicted molar refractivity (Wildman–Crippen MR) is 114 cm³/mol. The summed E-state index contributed by atoms with van der Waals surface area (Å²) in [4.78, 5) is 28.9. The quantitative estimate of drug-likeness (QED) is 0.619. The van der Waals surface area contributed by atoms with E-state index in [0.717, 1.165) is 11.4 Å². The van der Waals surface area contributed by atoms with Crippen molar-refractivity contribution in [2.24, 2.45) is 5.41 Å². The van der Waals surface area contributed by atoms with E-state index in [-0.39, 0.29) is 18.5 Å². The number of nitrogens with one attached hydrogen (secondary N) is 2. The molecule has 29 heavy (non-hydrogen) atoms. The van der Waals surface area contributed by atoms with Gasteiger partial charge in [0, 0.05) is 37.1 Å². The molecule has 2 aromatic rings. The second-order valence-electron chi connectivity index (χ2n) is 7.56. The number of hydrogen-bond acceptors (Lipinski definition) is 4. The number of esters is 1. The maximum absolute atomic E-state index is 12.4. The van der Waals surface area contributed by atoms with E-state index in [1.165, 1.54) is 7.11 Å². The molecule has 0 bridgehead atoms. The average Bonchev–Trinajstić information content (AvgIpc) is 3.17. The molecule has 0 unspecified atom stereocenters. The molecule has 2 amide bonds. The highest BCUT2D eigenvalue weighted by Gasteiger charge is 2.36. The Morgan fingerprint density at radius 1 is 1.24 bits per heavy atom. The van der Waals surface area contributed by atoms with Crippen molar-refractivity contribution in [3.05, 3.63) is 48.0 Å². The van der Waals surface area contributed by atoms with Gasteiger partial charge in [-0.25, -0.2) is 9.78 Å². The maximum Gasteiger partial charge on any atom is 0.319 e. The molecule has 1 heterocycles. The summed E-state index contributed by atoms with van der Waals surface area (Å²) in [5.41, 5.74) is 1.05. The molecule has 0 spiro atoms. The van der Waals surface area contributed by atoms with Gasteiger partial charge in [-0.15, -0.1) is 0 Å². The number of carbonyl (C=O) groups excluding carboxylic acids is 2. The fourth-order valence-electron chi connectivity index (χ4n) is 3.40. The molecule has 158 valence electrons. The topological polar surface area (TPSA) is 85.3 Å². The third kappa shape index (κ3) is 5.59. The van der Waals surface area contributed by atoms with Crippen molar-refractivity contribution >= 4 is 17.7 Å². The van der Waals surface area contributed by atoms with Crippen molar-refractivity contribution in [1.82, 2.24) is 14.9 Å². The predicted octanol–water partition coefficient (Wildman–Crippen LogP) is 4.16. The van der Waals surface area contributed by atoms with Crippen LogP contribution in [0.5, 0.6) is 0 Å². The van der Waals surface area contributed by atoms with Gasteiger partial charge in [0.1, 0.15) is 5.82 Å². The number of ether oxygens (including phenoxy) is 1. The summed E-state index contributed by atoms with van der Waals surface area (Å²) in [6, 6.07) is 7.37. The second kappa shape index (κ2) is 10.1. The average molecular weight is 401 g/mol. The zero-order chi connectivity index (χ0) is 21.4. The first kappa shape index (κ1) is 22.5. The maximum atomic E-state index is 12.4. The lowest BCUT2D eigenvalue weighted by Crippen LogP contribution is -2.44. The van der Waals surface area contributed by atoms with Crippen LogP contribution >= 0.6 is 0 Å². The Morgan fingerprint density at radius 3 is 2.59 bits per heavy atom. The van der Waals surface area contributed by atoms with Crippen LogP contribution in [0.2, 0.25) is 0 Å². The van der Waals surface area contributed by atoms with E-state index in [0.29, 0.717) is 31.0 Å². The fourth-order valence-corrected chi connectivity index (χ4v) is 3.40. The van der Waals surface area contributed by atoms with Crippen LogP contribution in [0.1, 0.15) is 57.8 Å². The van der Waals surface area contributed by atoms with Gasteiger partial charge in [-0.2, -0.15) is 0 Å². The van der Waals surface area contributed by atoms with Crippen molar-refractivity contribution in [1.29, 1.82) is 0 Å². The highest BCUT2D eigenvalue weighted by Crippen LogP contribution is 2.27. The number of aromatic nitrogens is 2. The van der Waals surface area contributed by atoms with Crippen LogP contribution in [0.4, 0.5) is 10.5 Å². The van der Waals surface area contributed by atoms with Gasteiger partial charge in [0.05, 0.1) is 12.5 Å². The highest BCUT2D eigenvalue weighted by molar-refractivity contribution is 5.90. The van der Waals surface area contributed by atoms with Gasteiger partial charge in [0.25, 0.3) is 0 Å². The molecule has 2 N–H and O–H groups in total. The van der Waals surface area contributed by atoms with Crippen LogP contribution < -0.4 is 10.6 Å². The molecule has 0 fully saturated rings. The molecular weight excluding hydrogens is 368 g/mol. The number of urea groups is 1. The van der Waals surface area contributed by atoms with Crippen molar-refractivity contribution in [3.8, 4) is 0 Å². The van der Waals surface area contributed by atoms with Crippen LogP contribution in [0, 0.1) is 5.41 Å². The Hall–Kier alpha value is -2.83. The molecule has 1 aromatic carbocycles. The van der Waals surface area contributed by atoms with Crippen molar-refractivity contribution in [2.75, 3.05) is 19.0 Å². The van der Waals surface area contributed by atoms with E-state index in [2.05, 4.69) is 34.0 Å². The summed E-state index contributed by atoms with van der Waals surface area (Å²) in [6.07, 6.45) is 4.95. The Kier molecular flexibility index (Phi) is 7.82. The zero-order valence-electron chi connectivity index (χ0n) is 18.0. The number of methoxy groups -OCH3 is 1. The first-order chi connectivity index (χ1) is 13.8. The van der Waals surface area contributed by atoms with Crippen LogP contribution in [-0.4, -0.2) is 35.2 Å². The molecule has 0 saturated carbocycles. The normalized spacial score (nSPS) is 11.4. The molecule has 7 nitrogen and oxygen atoms in total. The largest absolute Gasteiger partial charge is 0.469 e. The first-order valence-corrected chi connectivity index (χ1v) is 10.1. The van der Waals surface area contributed by atoms with E-state index < -0.39 is 5.41 Å². The lowest BCUT2D eigenvalue weighted by atomic mass is 9.82. The number of nitrogens with zero attached hydrogens (tertiary/aromatic N) is 2. The van der Waals surface area contributed by atoms with E-state index >= 15 is 0 Å². The molecule has 0 radical (unpaired) electrons. The number of rotatable bonds is 9. The minimum absolute atomic E-state index is 0.227. The Labute approximate surface area is 172 Å². The summed E-state index contributed by atoms with van der Waals surface area (Å²) in [5.74, 6) is 1.06. The smallest absolute Gasteiger partial charge is 0.319 e.